The molecule has 1 fully saturated rings. The Morgan fingerprint density at radius 1 is 1.38 bits per heavy atom. The molecule has 3 aromatic heterocycles. The maximum absolute atomic E-state index is 11.7. The van der Waals surface area contributed by atoms with Crippen LogP contribution in [0.3, 0.4) is 0 Å². The molecule has 0 atom stereocenters. The van der Waals surface area contributed by atoms with E-state index in [-0.39, 0.29) is 11.8 Å². The van der Waals surface area contributed by atoms with Crippen LogP contribution < -0.4 is 5.32 Å². The molecule has 1 aliphatic rings. The Morgan fingerprint density at radius 2 is 2.25 bits per heavy atom. The van der Waals surface area contributed by atoms with Gasteiger partial charge in [0.05, 0.1) is 11.4 Å². The average molecular weight is 361 g/mol. The minimum Gasteiger partial charge on any atom is -0.351 e. The lowest BCUT2D eigenvalue weighted by Gasteiger charge is -2.00. The molecule has 4 rings (SSSR count). The quantitative estimate of drug-likeness (QED) is 0.704. The third kappa shape index (κ3) is 3.32. The van der Waals surface area contributed by atoms with E-state index in [9.17, 15) is 4.79 Å². The monoisotopic (exact) mass is 360 g/mol. The van der Waals surface area contributed by atoms with E-state index in [1.807, 2.05) is 12.1 Å². The second-order valence-electron chi connectivity index (χ2n) is 5.55. The molecule has 1 amide bonds. The van der Waals surface area contributed by atoms with Crippen molar-refractivity contribution >= 4 is 28.8 Å². The number of hydrogen-bond acceptors (Lipinski definition) is 6. The van der Waals surface area contributed by atoms with Gasteiger partial charge in [0.25, 0.3) is 5.89 Å². The molecule has 0 bridgehead atoms. The summed E-state index contributed by atoms with van der Waals surface area (Å²) in [5.41, 5.74) is 0.724. The predicted molar refractivity (Wildman–Crippen MR) is 90.4 cm³/mol. The van der Waals surface area contributed by atoms with Crippen LogP contribution in [0.1, 0.15) is 17.7 Å². The van der Waals surface area contributed by atoms with Crippen LogP contribution in [0, 0.1) is 5.92 Å². The largest absolute Gasteiger partial charge is 0.351 e. The van der Waals surface area contributed by atoms with E-state index in [0.29, 0.717) is 23.4 Å². The molecule has 0 spiro atoms. The molecule has 8 heteroatoms. The van der Waals surface area contributed by atoms with Gasteiger partial charge in [0, 0.05) is 22.6 Å². The normalized spacial score (nSPS) is 13.9. The molecule has 6 nitrogen and oxygen atoms in total. The van der Waals surface area contributed by atoms with Crippen molar-refractivity contribution in [3.05, 3.63) is 40.5 Å². The van der Waals surface area contributed by atoms with E-state index < -0.39 is 0 Å². The van der Waals surface area contributed by atoms with E-state index >= 15 is 0 Å². The molecule has 24 heavy (non-hydrogen) atoms. The van der Waals surface area contributed by atoms with Gasteiger partial charge in [0.2, 0.25) is 11.7 Å². The maximum Gasteiger partial charge on any atom is 0.258 e. The highest BCUT2D eigenvalue weighted by Gasteiger charge is 2.29. The van der Waals surface area contributed by atoms with Gasteiger partial charge in [-0.3, -0.25) is 4.79 Å². The van der Waals surface area contributed by atoms with E-state index in [1.54, 1.807) is 18.3 Å². The lowest BCUT2D eigenvalue weighted by molar-refractivity contribution is -0.122. The number of pyridine rings is 1. The van der Waals surface area contributed by atoms with Crippen molar-refractivity contribution < 1.29 is 9.32 Å². The standard InChI is InChI=1S/C16H13ClN4O2S/c17-13-7-10(5-6-18-13)16-20-14(21-23-16)12-4-3-11(24-12)8-19-15(22)9-1-2-9/h3-7,9H,1-2,8H2,(H,19,22). The maximum atomic E-state index is 11.7. The summed E-state index contributed by atoms with van der Waals surface area (Å²) in [6, 6.07) is 7.33. The Hall–Kier alpha value is -2.25. The lowest BCUT2D eigenvalue weighted by atomic mass is 10.3. The fourth-order valence-electron chi connectivity index (χ4n) is 2.23. The van der Waals surface area contributed by atoms with Crippen LogP contribution in [0.15, 0.2) is 35.0 Å². The first kappa shape index (κ1) is 15.3. The first-order chi connectivity index (χ1) is 11.7. The van der Waals surface area contributed by atoms with E-state index in [0.717, 1.165) is 28.2 Å². The summed E-state index contributed by atoms with van der Waals surface area (Å²) in [5.74, 6) is 1.27. The smallest absolute Gasteiger partial charge is 0.258 e. The van der Waals surface area contributed by atoms with Gasteiger partial charge in [-0.1, -0.05) is 16.8 Å². The molecule has 0 unspecified atom stereocenters. The van der Waals surface area contributed by atoms with Crippen LogP contribution in [0.4, 0.5) is 0 Å². The number of halogens is 1. The third-order valence-electron chi connectivity index (χ3n) is 3.67. The van der Waals surface area contributed by atoms with Gasteiger partial charge < -0.3 is 9.84 Å². The van der Waals surface area contributed by atoms with Gasteiger partial charge in [-0.05, 0) is 37.1 Å². The van der Waals surface area contributed by atoms with Gasteiger partial charge in [-0.15, -0.1) is 11.3 Å². The van der Waals surface area contributed by atoms with Gasteiger partial charge in [-0.2, -0.15) is 4.98 Å². The van der Waals surface area contributed by atoms with Crippen LogP contribution in [0.2, 0.25) is 5.15 Å². The van der Waals surface area contributed by atoms with Crippen LogP contribution in [0.5, 0.6) is 0 Å². The molecule has 3 aromatic rings. The number of amides is 1. The molecule has 1 saturated carbocycles. The number of rotatable bonds is 5. The van der Waals surface area contributed by atoms with Crippen molar-refractivity contribution in [2.24, 2.45) is 5.92 Å². The number of nitrogens with zero attached hydrogens (tertiary/aromatic N) is 3. The molecular weight excluding hydrogens is 348 g/mol. The highest BCUT2D eigenvalue weighted by Crippen LogP contribution is 2.30. The summed E-state index contributed by atoms with van der Waals surface area (Å²) in [4.78, 5) is 21.9. The molecular formula is C16H13ClN4O2S. The number of aromatic nitrogens is 3. The van der Waals surface area contributed by atoms with Gasteiger partial charge in [-0.25, -0.2) is 4.98 Å². The molecule has 0 aliphatic heterocycles. The first-order valence-electron chi connectivity index (χ1n) is 7.51. The van der Waals surface area contributed by atoms with Crippen LogP contribution in [-0.4, -0.2) is 21.0 Å². The zero-order chi connectivity index (χ0) is 16.5. The lowest BCUT2D eigenvalue weighted by Crippen LogP contribution is -2.23. The summed E-state index contributed by atoms with van der Waals surface area (Å²) in [6.07, 6.45) is 3.60. The summed E-state index contributed by atoms with van der Waals surface area (Å²) in [7, 11) is 0. The summed E-state index contributed by atoms with van der Waals surface area (Å²) in [6.45, 7) is 0.532. The second kappa shape index (κ2) is 6.33. The first-order valence-corrected chi connectivity index (χ1v) is 8.71. The zero-order valence-corrected chi connectivity index (χ0v) is 14.1. The highest BCUT2D eigenvalue weighted by atomic mass is 35.5. The van der Waals surface area contributed by atoms with E-state index in [4.69, 9.17) is 16.1 Å². The Balaban J connectivity index is 1.47. The Kier molecular flexibility index (Phi) is 4.03. The van der Waals surface area contributed by atoms with E-state index in [2.05, 4.69) is 20.4 Å². The topological polar surface area (TPSA) is 80.9 Å². The molecule has 3 heterocycles. The fraction of sp³-hybridized carbons (Fsp3) is 0.250. The van der Waals surface area contributed by atoms with Crippen molar-refractivity contribution in [3.63, 3.8) is 0 Å². The Labute approximate surface area is 146 Å². The Bertz CT molecular complexity index is 888. The minimum atomic E-state index is 0.140. The summed E-state index contributed by atoms with van der Waals surface area (Å²) < 4.78 is 5.30. The number of nitrogens with one attached hydrogen (secondary N) is 1. The van der Waals surface area contributed by atoms with Crippen molar-refractivity contribution in [1.29, 1.82) is 0 Å². The molecule has 0 saturated heterocycles. The number of thiophene rings is 1. The van der Waals surface area contributed by atoms with Crippen molar-refractivity contribution in [2.75, 3.05) is 0 Å². The summed E-state index contributed by atoms with van der Waals surface area (Å²) >= 11 is 7.41. The minimum absolute atomic E-state index is 0.140. The fourth-order valence-corrected chi connectivity index (χ4v) is 3.28. The number of carbonyl (C=O) groups is 1. The highest BCUT2D eigenvalue weighted by molar-refractivity contribution is 7.15. The van der Waals surface area contributed by atoms with Gasteiger partial charge >= 0.3 is 0 Å². The molecule has 1 aliphatic carbocycles. The summed E-state index contributed by atoms with van der Waals surface area (Å²) in [5, 5.41) is 7.33. The Morgan fingerprint density at radius 3 is 3.04 bits per heavy atom. The van der Waals surface area contributed by atoms with Crippen LogP contribution in [0.25, 0.3) is 22.2 Å². The predicted octanol–water partition coefficient (Wildman–Crippen LogP) is 3.54. The zero-order valence-electron chi connectivity index (χ0n) is 12.5. The van der Waals surface area contributed by atoms with Gasteiger partial charge in [0.15, 0.2) is 0 Å². The van der Waals surface area contributed by atoms with Crippen molar-refractivity contribution in [3.8, 4) is 22.2 Å². The van der Waals surface area contributed by atoms with Crippen molar-refractivity contribution in [2.45, 2.75) is 19.4 Å². The van der Waals surface area contributed by atoms with E-state index in [1.165, 1.54) is 11.3 Å². The SMILES string of the molecule is O=C(NCc1ccc(-c2noc(-c3ccnc(Cl)c3)n2)s1)C1CC1. The molecule has 0 radical (unpaired) electrons. The third-order valence-corrected chi connectivity index (χ3v) is 4.95. The molecule has 0 aromatic carbocycles. The van der Waals surface area contributed by atoms with Crippen molar-refractivity contribution in [1.82, 2.24) is 20.4 Å². The van der Waals surface area contributed by atoms with Crippen LogP contribution >= 0.6 is 22.9 Å². The second-order valence-corrected chi connectivity index (χ2v) is 7.10. The molecule has 122 valence electrons. The molecule has 1 N–H and O–H groups in total. The average Bonchev–Trinajstić information content (AvgIpc) is 3.13. The van der Waals surface area contributed by atoms with Crippen LogP contribution in [-0.2, 0) is 11.3 Å². The number of carbonyl (C=O) groups excluding carboxylic acids is 1. The van der Waals surface area contributed by atoms with Gasteiger partial charge in [0.1, 0.15) is 5.15 Å². The number of hydrogen-bond donors (Lipinski definition) is 1.